The van der Waals surface area contributed by atoms with Gasteiger partial charge in [-0.3, -0.25) is 4.79 Å². The second-order valence-corrected chi connectivity index (χ2v) is 14.1. The quantitative estimate of drug-likeness (QED) is 0.104. The molecule has 4 aromatic rings. The van der Waals surface area contributed by atoms with Crippen LogP contribution in [-0.4, -0.2) is 44.4 Å². The molecule has 1 radical (unpaired) electrons. The van der Waals surface area contributed by atoms with E-state index in [0.29, 0.717) is 0 Å². The van der Waals surface area contributed by atoms with Crippen molar-refractivity contribution in [3.05, 3.63) is 88.0 Å². The summed E-state index contributed by atoms with van der Waals surface area (Å²) in [5.41, 5.74) is 10.2. The molecule has 0 amide bonds. The summed E-state index contributed by atoms with van der Waals surface area (Å²) >= 11 is 0.221. The van der Waals surface area contributed by atoms with Gasteiger partial charge in [0, 0.05) is 38.0 Å². The minimum Gasteiger partial charge on any atom is 0 e. The standard InChI is InChI=1S/C24H23BN3Se.C13H24O2.Ir/c1-14-12-15(2)21(16(3)13-14)22-17(4)18-10-11-26-24(23(18)29-22)25-27-19-8-6-7-9-20(19)28(25)5;1-5-10(6-2)12(14)9-13(15)11(7-3)8-4;/h6-13H,1-5H3;9-11,14H,5-8H2,1-4H3;/q-1;;/b;12-9-;. The normalized spacial score (nSPS) is 12.6. The van der Waals surface area contributed by atoms with Gasteiger partial charge in [0.15, 0.2) is 5.78 Å². The maximum Gasteiger partial charge on any atom is 0 e. The molecule has 45 heavy (non-hydrogen) atoms. The number of nitrogens with zero attached hydrogens (tertiary/aromatic N) is 3. The molecule has 0 unspecified atom stereocenters. The van der Waals surface area contributed by atoms with Gasteiger partial charge in [-0.2, -0.15) is 0 Å². The summed E-state index contributed by atoms with van der Waals surface area (Å²) in [7, 11) is 2.12. The molecule has 0 saturated carbocycles. The molecule has 5 rings (SSSR count). The zero-order valence-electron chi connectivity index (χ0n) is 28.2. The Labute approximate surface area is 290 Å². The molecule has 0 atom stereocenters. The number of carbonyl (C=O) groups excluding carboxylic acids is 1. The van der Waals surface area contributed by atoms with Crippen molar-refractivity contribution >= 4 is 53.9 Å². The summed E-state index contributed by atoms with van der Waals surface area (Å²) in [4.78, 5) is 18.8. The largest absolute Gasteiger partial charge is 0 e. The van der Waals surface area contributed by atoms with Crippen LogP contribution in [0.25, 0.3) is 24.9 Å². The number of para-hydroxylation sites is 1. The van der Waals surface area contributed by atoms with Crippen LogP contribution in [0.5, 0.6) is 0 Å². The summed E-state index contributed by atoms with van der Waals surface area (Å²) in [6, 6.07) is 15.2. The Morgan fingerprint density at radius 3 is 2.16 bits per heavy atom. The van der Waals surface area contributed by atoms with Gasteiger partial charge in [-0.25, -0.2) is 0 Å². The van der Waals surface area contributed by atoms with Crippen molar-refractivity contribution in [3.63, 3.8) is 0 Å². The number of carbonyl (C=O) groups is 1. The van der Waals surface area contributed by atoms with Gasteiger partial charge in [-0.05, 0) is 25.7 Å². The van der Waals surface area contributed by atoms with E-state index in [1.165, 1.54) is 53.7 Å². The Morgan fingerprint density at radius 1 is 0.978 bits per heavy atom. The van der Waals surface area contributed by atoms with E-state index in [9.17, 15) is 9.90 Å². The molecule has 3 heterocycles. The topological polar surface area (TPSA) is 67.5 Å². The van der Waals surface area contributed by atoms with E-state index in [0.717, 1.165) is 37.0 Å². The third kappa shape index (κ3) is 7.85. The van der Waals surface area contributed by atoms with E-state index in [1.54, 1.807) is 0 Å². The molecule has 0 fully saturated rings. The fraction of sp³-hybridized carbons (Fsp3) is 0.405. The fourth-order valence-corrected chi connectivity index (χ4v) is 9.49. The summed E-state index contributed by atoms with van der Waals surface area (Å²) in [6.07, 6.45) is 6.86. The van der Waals surface area contributed by atoms with Gasteiger partial charge in [-0.1, -0.05) is 27.7 Å². The number of aromatic nitrogens is 1. The maximum atomic E-state index is 11.7. The molecule has 0 saturated heterocycles. The van der Waals surface area contributed by atoms with E-state index in [-0.39, 0.29) is 65.0 Å². The Kier molecular flexibility index (Phi) is 13.3. The smallest absolute Gasteiger partial charge is 0 e. The number of anilines is 1. The van der Waals surface area contributed by atoms with Gasteiger partial charge in [0.1, 0.15) is 0 Å². The van der Waals surface area contributed by atoms with Gasteiger partial charge in [0.2, 0.25) is 0 Å². The Bertz CT molecular complexity index is 1640. The Morgan fingerprint density at radius 2 is 1.58 bits per heavy atom. The van der Waals surface area contributed by atoms with Crippen LogP contribution in [0.3, 0.4) is 0 Å². The zero-order valence-corrected chi connectivity index (χ0v) is 32.3. The molecule has 1 aliphatic rings. The first-order valence-corrected chi connectivity index (χ1v) is 17.7. The van der Waals surface area contributed by atoms with Crippen molar-refractivity contribution in [3.8, 4) is 10.0 Å². The summed E-state index contributed by atoms with van der Waals surface area (Å²) in [5, 5.41) is 16.1. The van der Waals surface area contributed by atoms with Crippen molar-refractivity contribution in [1.82, 2.24) is 4.98 Å². The SMILES string of the molecule is CCC(CC)C(=O)/C=C(\O)C(CC)CC.Cc1cc(C)c(-c2[se]c3c(B4[N-]c5ccccc5N4C)nccc3c2C)c(C)c1.[Ir]. The average Bonchev–Trinajstić information content (AvgIpc) is 3.50. The van der Waals surface area contributed by atoms with Crippen LogP contribution in [-0.2, 0) is 24.9 Å². The molecule has 0 aliphatic carbocycles. The van der Waals surface area contributed by atoms with Crippen LogP contribution < -0.4 is 10.4 Å². The monoisotopic (exact) mass is 849 g/mol. The molecular formula is C37H47BIrN3O2Se-. The van der Waals surface area contributed by atoms with Crippen molar-refractivity contribution in [2.75, 3.05) is 11.9 Å². The Balaban J connectivity index is 0.000000297. The average molecular weight is 848 g/mol. The van der Waals surface area contributed by atoms with Crippen LogP contribution in [0, 0.1) is 39.5 Å². The predicted octanol–water partition coefficient (Wildman–Crippen LogP) is 8.91. The van der Waals surface area contributed by atoms with Crippen LogP contribution in [0.4, 0.5) is 11.4 Å². The van der Waals surface area contributed by atoms with Crippen LogP contribution >= 0.6 is 0 Å². The molecule has 0 spiro atoms. The number of aliphatic hydroxyl groups is 1. The first-order valence-electron chi connectivity index (χ1n) is 16.0. The number of allylic oxidation sites excluding steroid dienone is 2. The first-order chi connectivity index (χ1) is 21.1. The predicted molar refractivity (Wildman–Crippen MR) is 190 cm³/mol. The molecule has 2 aromatic carbocycles. The summed E-state index contributed by atoms with van der Waals surface area (Å²) in [5.74, 6) is 0.547. The first kappa shape index (κ1) is 36.8. The number of ketones is 1. The number of hydrogen-bond acceptors (Lipinski definition) is 4. The number of hydrogen-bond donors (Lipinski definition) is 1. The minimum atomic E-state index is -0.0448. The second kappa shape index (κ2) is 16.3. The van der Waals surface area contributed by atoms with Crippen LogP contribution in [0.1, 0.15) is 75.6 Å². The number of fused-ring (bicyclic) bond motifs is 2. The summed E-state index contributed by atoms with van der Waals surface area (Å²) < 4.78 is 2.88. The molecule has 5 nitrogen and oxygen atoms in total. The van der Waals surface area contributed by atoms with Gasteiger partial charge in [-0.15, -0.1) is 0 Å². The summed E-state index contributed by atoms with van der Waals surface area (Å²) in [6.45, 7) is 17.0. The molecule has 0 bridgehead atoms. The van der Waals surface area contributed by atoms with E-state index in [4.69, 9.17) is 10.2 Å². The molecule has 1 N–H and O–H groups in total. The second-order valence-electron chi connectivity index (χ2n) is 12.0. The van der Waals surface area contributed by atoms with E-state index in [1.807, 2.05) is 33.9 Å². The number of aryl methyl sites for hydroxylation is 4. The van der Waals surface area contributed by atoms with E-state index in [2.05, 4.69) is 82.0 Å². The van der Waals surface area contributed by atoms with Crippen LogP contribution in [0.2, 0.25) is 0 Å². The van der Waals surface area contributed by atoms with E-state index >= 15 is 0 Å². The van der Waals surface area contributed by atoms with Crippen molar-refractivity contribution in [2.24, 2.45) is 11.8 Å². The number of aliphatic hydroxyl groups excluding tert-OH is 1. The van der Waals surface area contributed by atoms with Crippen molar-refractivity contribution < 1.29 is 30.0 Å². The van der Waals surface area contributed by atoms with Crippen LogP contribution in [0.15, 0.2) is 60.5 Å². The van der Waals surface area contributed by atoms with Gasteiger partial charge in [0.05, 0.1) is 5.76 Å². The van der Waals surface area contributed by atoms with Gasteiger partial charge < -0.3 is 5.11 Å². The number of pyridine rings is 1. The molecule has 2 aromatic heterocycles. The zero-order chi connectivity index (χ0) is 32.1. The minimum absolute atomic E-state index is 0. The molecule has 1 aliphatic heterocycles. The molecule has 8 heteroatoms. The number of benzene rings is 2. The fourth-order valence-electron chi connectivity index (χ4n) is 6.37. The van der Waals surface area contributed by atoms with Gasteiger partial charge in [0.25, 0.3) is 0 Å². The Hall–Kier alpha value is -2.63. The van der Waals surface area contributed by atoms with Crippen molar-refractivity contribution in [1.29, 1.82) is 0 Å². The van der Waals surface area contributed by atoms with E-state index < -0.39 is 0 Å². The number of rotatable bonds is 9. The maximum absolute atomic E-state index is 11.7. The third-order valence-electron chi connectivity index (χ3n) is 9.00. The third-order valence-corrected chi connectivity index (χ3v) is 11.8. The van der Waals surface area contributed by atoms with Gasteiger partial charge >= 0.3 is 179 Å². The molecular weight excluding hydrogens is 800 g/mol. The van der Waals surface area contributed by atoms with Crippen molar-refractivity contribution in [2.45, 2.75) is 81.1 Å². The molecule has 241 valence electrons.